The SMILES string of the molecule is CCC(C)[C@H](N)c1cccc(C)c1.Cl. The van der Waals surface area contributed by atoms with E-state index in [4.69, 9.17) is 5.73 Å². The predicted octanol–water partition coefficient (Wildman–Crippen LogP) is 3.46. The van der Waals surface area contributed by atoms with Crippen molar-refractivity contribution >= 4 is 12.4 Å². The summed E-state index contributed by atoms with van der Waals surface area (Å²) in [6.07, 6.45) is 1.13. The minimum absolute atomic E-state index is 0. The monoisotopic (exact) mass is 213 g/mol. The van der Waals surface area contributed by atoms with Gasteiger partial charge in [0.25, 0.3) is 0 Å². The molecule has 0 heterocycles. The third-order valence-corrected chi connectivity index (χ3v) is 2.68. The second-order valence-corrected chi connectivity index (χ2v) is 3.83. The molecular weight excluding hydrogens is 194 g/mol. The fraction of sp³-hybridized carbons (Fsp3) is 0.500. The fourth-order valence-electron chi connectivity index (χ4n) is 1.46. The Bertz CT molecular complexity index is 273. The first-order chi connectivity index (χ1) is 6.15. The molecule has 0 spiro atoms. The molecule has 1 rings (SSSR count). The molecule has 0 bridgehead atoms. The van der Waals surface area contributed by atoms with Crippen molar-refractivity contribution < 1.29 is 0 Å². The van der Waals surface area contributed by atoms with E-state index in [1.807, 2.05) is 0 Å². The Balaban J connectivity index is 0.00000169. The van der Waals surface area contributed by atoms with Gasteiger partial charge < -0.3 is 5.73 Å². The van der Waals surface area contributed by atoms with E-state index < -0.39 is 0 Å². The average molecular weight is 214 g/mol. The molecule has 2 N–H and O–H groups in total. The van der Waals surface area contributed by atoms with Gasteiger partial charge in [-0.2, -0.15) is 0 Å². The van der Waals surface area contributed by atoms with E-state index >= 15 is 0 Å². The summed E-state index contributed by atoms with van der Waals surface area (Å²) < 4.78 is 0. The molecule has 0 saturated heterocycles. The summed E-state index contributed by atoms with van der Waals surface area (Å²) in [5.74, 6) is 0.557. The fourth-order valence-corrected chi connectivity index (χ4v) is 1.46. The van der Waals surface area contributed by atoms with Gasteiger partial charge in [-0.25, -0.2) is 0 Å². The van der Waals surface area contributed by atoms with E-state index in [1.165, 1.54) is 11.1 Å². The van der Waals surface area contributed by atoms with E-state index in [0.717, 1.165) is 6.42 Å². The molecule has 0 aliphatic rings. The zero-order chi connectivity index (χ0) is 9.84. The predicted molar refractivity (Wildman–Crippen MR) is 64.8 cm³/mol. The Hall–Kier alpha value is -0.530. The maximum atomic E-state index is 6.12. The third-order valence-electron chi connectivity index (χ3n) is 2.68. The van der Waals surface area contributed by atoms with Crippen molar-refractivity contribution in [2.45, 2.75) is 33.2 Å². The van der Waals surface area contributed by atoms with E-state index in [2.05, 4.69) is 45.0 Å². The first-order valence-electron chi connectivity index (χ1n) is 4.97. The Morgan fingerprint density at radius 3 is 2.50 bits per heavy atom. The largest absolute Gasteiger partial charge is 0.324 e. The first kappa shape index (κ1) is 13.5. The number of halogens is 1. The standard InChI is InChI=1S/C12H19N.ClH/c1-4-10(3)12(13)11-7-5-6-9(2)8-11;/h5-8,10,12H,4,13H2,1-3H3;1H/t10?,12-;/m0./s1. The lowest BCUT2D eigenvalue weighted by Gasteiger charge is -2.18. The van der Waals surface area contributed by atoms with Crippen molar-refractivity contribution in [1.29, 1.82) is 0 Å². The summed E-state index contributed by atoms with van der Waals surface area (Å²) in [4.78, 5) is 0. The van der Waals surface area contributed by atoms with Crippen LogP contribution in [0, 0.1) is 12.8 Å². The molecule has 14 heavy (non-hydrogen) atoms. The van der Waals surface area contributed by atoms with E-state index in [-0.39, 0.29) is 18.4 Å². The molecule has 0 aromatic heterocycles. The summed E-state index contributed by atoms with van der Waals surface area (Å²) in [5, 5.41) is 0. The zero-order valence-electron chi connectivity index (χ0n) is 9.16. The van der Waals surface area contributed by atoms with Crippen LogP contribution in [0.25, 0.3) is 0 Å². The van der Waals surface area contributed by atoms with E-state index in [1.54, 1.807) is 0 Å². The molecule has 80 valence electrons. The molecule has 0 radical (unpaired) electrons. The topological polar surface area (TPSA) is 26.0 Å². The summed E-state index contributed by atoms with van der Waals surface area (Å²) >= 11 is 0. The van der Waals surface area contributed by atoms with Gasteiger partial charge in [-0.1, -0.05) is 50.1 Å². The average Bonchev–Trinajstić information content (AvgIpc) is 2.15. The van der Waals surface area contributed by atoms with Crippen LogP contribution in [0.4, 0.5) is 0 Å². The Kier molecular flexibility index (Phi) is 5.82. The Morgan fingerprint density at radius 2 is 2.00 bits per heavy atom. The van der Waals surface area contributed by atoms with Crippen molar-refractivity contribution in [2.75, 3.05) is 0 Å². The second kappa shape index (κ2) is 6.05. The van der Waals surface area contributed by atoms with Crippen LogP contribution >= 0.6 is 12.4 Å². The van der Waals surface area contributed by atoms with Gasteiger partial charge >= 0.3 is 0 Å². The van der Waals surface area contributed by atoms with Crippen molar-refractivity contribution in [1.82, 2.24) is 0 Å². The number of rotatable bonds is 3. The smallest absolute Gasteiger partial charge is 0.0320 e. The molecule has 1 aromatic carbocycles. The maximum Gasteiger partial charge on any atom is 0.0320 e. The van der Waals surface area contributed by atoms with Crippen LogP contribution in [0.2, 0.25) is 0 Å². The number of benzene rings is 1. The van der Waals surface area contributed by atoms with Gasteiger partial charge in [0.15, 0.2) is 0 Å². The molecule has 0 saturated carbocycles. The summed E-state index contributed by atoms with van der Waals surface area (Å²) in [7, 11) is 0. The van der Waals surface area contributed by atoms with Crippen LogP contribution in [-0.4, -0.2) is 0 Å². The van der Waals surface area contributed by atoms with Crippen LogP contribution < -0.4 is 5.73 Å². The van der Waals surface area contributed by atoms with Crippen molar-refractivity contribution in [2.24, 2.45) is 11.7 Å². The van der Waals surface area contributed by atoms with Crippen LogP contribution in [-0.2, 0) is 0 Å². The highest BCUT2D eigenvalue weighted by molar-refractivity contribution is 5.85. The highest BCUT2D eigenvalue weighted by atomic mass is 35.5. The van der Waals surface area contributed by atoms with Gasteiger partial charge in [-0.3, -0.25) is 0 Å². The maximum absolute atomic E-state index is 6.12. The van der Waals surface area contributed by atoms with Gasteiger partial charge in [-0.05, 0) is 18.4 Å². The molecule has 0 aliphatic heterocycles. The van der Waals surface area contributed by atoms with E-state index in [0.29, 0.717) is 5.92 Å². The van der Waals surface area contributed by atoms with Gasteiger partial charge in [0.05, 0.1) is 0 Å². The molecule has 1 nitrogen and oxygen atoms in total. The van der Waals surface area contributed by atoms with Gasteiger partial charge in [-0.15, -0.1) is 12.4 Å². The zero-order valence-corrected chi connectivity index (χ0v) is 9.97. The van der Waals surface area contributed by atoms with Crippen molar-refractivity contribution in [3.8, 4) is 0 Å². The second-order valence-electron chi connectivity index (χ2n) is 3.83. The molecule has 2 heteroatoms. The molecule has 1 unspecified atom stereocenters. The number of nitrogens with two attached hydrogens (primary N) is 1. The molecule has 0 fully saturated rings. The first-order valence-corrected chi connectivity index (χ1v) is 4.97. The molecule has 0 aliphatic carbocycles. The quantitative estimate of drug-likeness (QED) is 0.818. The van der Waals surface area contributed by atoms with Crippen LogP contribution in [0.1, 0.15) is 37.4 Å². The van der Waals surface area contributed by atoms with Gasteiger partial charge in [0.1, 0.15) is 0 Å². The minimum atomic E-state index is 0. The van der Waals surface area contributed by atoms with Crippen LogP contribution in [0.15, 0.2) is 24.3 Å². The van der Waals surface area contributed by atoms with Crippen LogP contribution in [0.3, 0.4) is 0 Å². The lowest BCUT2D eigenvalue weighted by Crippen LogP contribution is -2.18. The van der Waals surface area contributed by atoms with Gasteiger partial charge in [0, 0.05) is 6.04 Å². The van der Waals surface area contributed by atoms with Crippen molar-refractivity contribution in [3.05, 3.63) is 35.4 Å². The summed E-state index contributed by atoms with van der Waals surface area (Å²) in [6.45, 7) is 6.49. The number of hydrogen-bond donors (Lipinski definition) is 1. The lowest BCUT2D eigenvalue weighted by molar-refractivity contribution is 0.456. The summed E-state index contributed by atoms with van der Waals surface area (Å²) in [6, 6.07) is 8.66. The molecule has 1 aromatic rings. The lowest BCUT2D eigenvalue weighted by atomic mass is 9.93. The normalized spacial score (nSPS) is 14.3. The highest BCUT2D eigenvalue weighted by Gasteiger charge is 2.12. The Morgan fingerprint density at radius 1 is 1.36 bits per heavy atom. The number of hydrogen-bond acceptors (Lipinski definition) is 1. The summed E-state index contributed by atoms with van der Waals surface area (Å²) in [5.41, 5.74) is 8.66. The van der Waals surface area contributed by atoms with Crippen LogP contribution in [0.5, 0.6) is 0 Å². The molecule has 0 amide bonds. The van der Waals surface area contributed by atoms with Gasteiger partial charge in [0.2, 0.25) is 0 Å². The minimum Gasteiger partial charge on any atom is -0.324 e. The Labute approximate surface area is 93.1 Å². The number of aryl methyl sites for hydroxylation is 1. The third kappa shape index (κ3) is 3.32. The van der Waals surface area contributed by atoms with E-state index in [9.17, 15) is 0 Å². The molecular formula is C12H20ClN. The molecule has 2 atom stereocenters. The highest BCUT2D eigenvalue weighted by Crippen LogP contribution is 2.21. The van der Waals surface area contributed by atoms with Crippen molar-refractivity contribution in [3.63, 3.8) is 0 Å².